The maximum absolute atomic E-state index is 14.9. The molecule has 0 spiro atoms. The lowest BCUT2D eigenvalue weighted by Crippen LogP contribution is -2.08. The summed E-state index contributed by atoms with van der Waals surface area (Å²) in [5, 5.41) is 0. The molecule has 0 saturated carbocycles. The fourth-order valence-corrected chi connectivity index (χ4v) is 3.58. The maximum atomic E-state index is 14.9. The molecule has 3 nitrogen and oxygen atoms in total. The molecule has 0 aliphatic carbocycles. The van der Waals surface area contributed by atoms with E-state index in [1.165, 1.54) is 55.6 Å². The normalized spacial score (nSPS) is 10.7. The molecule has 0 aromatic heterocycles. The second-order valence-electron chi connectivity index (χ2n) is 7.60. The quantitative estimate of drug-likeness (QED) is 0.224. The van der Waals surface area contributed by atoms with Gasteiger partial charge in [0.15, 0.2) is 23.2 Å². The number of methoxy groups -OCH3 is 1. The first-order valence-electron chi connectivity index (χ1n) is 10.6. The smallest absolute Gasteiger partial charge is 0.343 e. The van der Waals surface area contributed by atoms with Crippen molar-refractivity contribution in [3.8, 4) is 33.8 Å². The highest BCUT2D eigenvalue weighted by Crippen LogP contribution is 2.32. The minimum absolute atomic E-state index is 0.0167. The van der Waals surface area contributed by atoms with Crippen molar-refractivity contribution in [3.05, 3.63) is 107 Å². The van der Waals surface area contributed by atoms with Crippen LogP contribution in [0.5, 0.6) is 11.5 Å². The molecule has 0 unspecified atom stereocenters. The van der Waals surface area contributed by atoms with E-state index in [4.69, 9.17) is 9.47 Å². The summed E-state index contributed by atoms with van der Waals surface area (Å²) < 4.78 is 53.6. The van der Waals surface area contributed by atoms with Gasteiger partial charge in [0.2, 0.25) is 0 Å². The van der Waals surface area contributed by atoms with Crippen LogP contribution in [0.1, 0.15) is 22.8 Å². The summed E-state index contributed by atoms with van der Waals surface area (Å²) in [5.74, 6) is -3.24. The van der Waals surface area contributed by atoms with E-state index in [2.05, 4.69) is 0 Å². The number of hydrogen-bond donors (Lipinski definition) is 0. The molecular formula is C28H21F3O3. The van der Waals surface area contributed by atoms with Crippen molar-refractivity contribution in [2.75, 3.05) is 7.11 Å². The highest BCUT2D eigenvalue weighted by molar-refractivity contribution is 5.91. The Morgan fingerprint density at radius 3 is 1.82 bits per heavy atom. The topological polar surface area (TPSA) is 35.5 Å². The summed E-state index contributed by atoms with van der Waals surface area (Å²) >= 11 is 0. The van der Waals surface area contributed by atoms with Gasteiger partial charge in [-0.25, -0.2) is 18.0 Å². The summed E-state index contributed by atoms with van der Waals surface area (Å²) in [4.78, 5) is 12.4. The van der Waals surface area contributed by atoms with Crippen LogP contribution in [0.4, 0.5) is 13.2 Å². The first-order valence-corrected chi connectivity index (χ1v) is 10.6. The van der Waals surface area contributed by atoms with Gasteiger partial charge in [0.25, 0.3) is 0 Å². The number of aryl methyl sites for hydroxylation is 1. The van der Waals surface area contributed by atoms with Gasteiger partial charge >= 0.3 is 5.97 Å². The van der Waals surface area contributed by atoms with Crippen LogP contribution in [-0.2, 0) is 6.42 Å². The Morgan fingerprint density at radius 1 is 0.765 bits per heavy atom. The molecule has 0 saturated heterocycles. The van der Waals surface area contributed by atoms with Crippen LogP contribution in [0.25, 0.3) is 22.3 Å². The van der Waals surface area contributed by atoms with E-state index in [0.29, 0.717) is 11.1 Å². The van der Waals surface area contributed by atoms with Gasteiger partial charge in [-0.15, -0.1) is 0 Å². The third kappa shape index (κ3) is 4.66. The first kappa shape index (κ1) is 23.1. The lowest BCUT2D eigenvalue weighted by Gasteiger charge is -2.10. The average molecular weight is 462 g/mol. The van der Waals surface area contributed by atoms with E-state index >= 15 is 0 Å². The number of rotatable bonds is 6. The summed E-state index contributed by atoms with van der Waals surface area (Å²) in [5.41, 5.74) is 2.52. The fourth-order valence-electron chi connectivity index (χ4n) is 3.58. The molecular weight excluding hydrogens is 441 g/mol. The van der Waals surface area contributed by atoms with Gasteiger partial charge in [-0.2, -0.15) is 0 Å². The lowest BCUT2D eigenvalue weighted by molar-refractivity contribution is 0.0734. The molecule has 6 heteroatoms. The zero-order chi connectivity index (χ0) is 24.2. The van der Waals surface area contributed by atoms with Crippen molar-refractivity contribution in [2.24, 2.45) is 0 Å². The van der Waals surface area contributed by atoms with Crippen molar-refractivity contribution < 1.29 is 27.4 Å². The number of halogens is 3. The first-order chi connectivity index (χ1) is 16.4. The van der Waals surface area contributed by atoms with Crippen molar-refractivity contribution in [2.45, 2.75) is 13.3 Å². The molecule has 4 aromatic rings. The Bertz CT molecular complexity index is 1330. The number of carbonyl (C=O) groups is 1. The third-order valence-corrected chi connectivity index (χ3v) is 5.52. The van der Waals surface area contributed by atoms with Crippen molar-refractivity contribution in [1.29, 1.82) is 0 Å². The summed E-state index contributed by atoms with van der Waals surface area (Å²) in [7, 11) is 1.33. The minimum atomic E-state index is -0.971. The maximum Gasteiger partial charge on any atom is 0.343 e. The average Bonchev–Trinajstić information content (AvgIpc) is 2.86. The third-order valence-electron chi connectivity index (χ3n) is 5.52. The van der Waals surface area contributed by atoms with Gasteiger partial charge in [0.05, 0.1) is 12.7 Å². The molecule has 0 aliphatic rings. The standard InChI is InChI=1S/C28H21F3O3/c1-3-17-4-6-18(7-5-17)22-13-14-23(27(31)26(22)30)19-8-10-20(11-9-19)28(32)34-21-12-15-25(33-2)24(29)16-21/h4-16H,3H2,1-2H3. The number of esters is 1. The second kappa shape index (κ2) is 9.83. The van der Waals surface area contributed by atoms with E-state index in [9.17, 15) is 18.0 Å². The SMILES string of the molecule is CCc1ccc(-c2ccc(-c3ccc(C(=O)Oc4ccc(OC)c(F)c4)cc3)c(F)c2F)cc1. The summed E-state index contributed by atoms with van der Waals surface area (Å²) in [6, 6.07) is 20.0. The van der Waals surface area contributed by atoms with E-state index < -0.39 is 23.4 Å². The van der Waals surface area contributed by atoms with Crippen LogP contribution in [0, 0.1) is 17.5 Å². The molecule has 34 heavy (non-hydrogen) atoms. The number of carbonyl (C=O) groups excluding carboxylic acids is 1. The van der Waals surface area contributed by atoms with Gasteiger partial charge in [-0.3, -0.25) is 0 Å². The monoisotopic (exact) mass is 462 g/mol. The van der Waals surface area contributed by atoms with E-state index in [-0.39, 0.29) is 28.2 Å². The Balaban J connectivity index is 1.54. The number of benzene rings is 4. The van der Waals surface area contributed by atoms with E-state index in [1.807, 2.05) is 19.1 Å². The molecule has 0 heterocycles. The Hall–Kier alpha value is -4.06. The number of hydrogen-bond acceptors (Lipinski definition) is 3. The summed E-state index contributed by atoms with van der Waals surface area (Å²) in [6.45, 7) is 2.02. The van der Waals surface area contributed by atoms with Gasteiger partial charge in [-0.05, 0) is 47.4 Å². The highest BCUT2D eigenvalue weighted by Gasteiger charge is 2.17. The molecule has 0 N–H and O–H groups in total. The lowest BCUT2D eigenvalue weighted by atomic mass is 9.97. The van der Waals surface area contributed by atoms with Crippen molar-refractivity contribution in [3.63, 3.8) is 0 Å². The van der Waals surface area contributed by atoms with Crippen LogP contribution in [0.15, 0.2) is 78.9 Å². The molecule has 0 radical (unpaired) electrons. The predicted molar refractivity (Wildman–Crippen MR) is 125 cm³/mol. The van der Waals surface area contributed by atoms with Gasteiger partial charge in [0.1, 0.15) is 5.75 Å². The molecule has 4 aromatic carbocycles. The van der Waals surface area contributed by atoms with Crippen LogP contribution >= 0.6 is 0 Å². The molecule has 0 amide bonds. The predicted octanol–water partition coefficient (Wildman–Crippen LogP) is 7.23. The molecule has 0 fully saturated rings. The summed E-state index contributed by atoms with van der Waals surface area (Å²) in [6.07, 6.45) is 0.858. The zero-order valence-electron chi connectivity index (χ0n) is 18.6. The van der Waals surface area contributed by atoms with E-state index in [1.54, 1.807) is 12.1 Å². The van der Waals surface area contributed by atoms with Crippen molar-refractivity contribution >= 4 is 5.97 Å². The van der Waals surface area contributed by atoms with Crippen LogP contribution in [0.2, 0.25) is 0 Å². The molecule has 172 valence electrons. The molecule has 0 bridgehead atoms. The van der Waals surface area contributed by atoms with Crippen LogP contribution in [-0.4, -0.2) is 13.1 Å². The molecule has 0 aliphatic heterocycles. The van der Waals surface area contributed by atoms with E-state index in [0.717, 1.165) is 18.1 Å². The minimum Gasteiger partial charge on any atom is -0.494 e. The van der Waals surface area contributed by atoms with Crippen LogP contribution in [0.3, 0.4) is 0 Å². The molecule has 0 atom stereocenters. The molecule has 4 rings (SSSR count). The largest absolute Gasteiger partial charge is 0.494 e. The van der Waals surface area contributed by atoms with Crippen molar-refractivity contribution in [1.82, 2.24) is 0 Å². The Labute approximate surface area is 195 Å². The van der Waals surface area contributed by atoms with Gasteiger partial charge < -0.3 is 9.47 Å². The second-order valence-corrected chi connectivity index (χ2v) is 7.60. The zero-order valence-corrected chi connectivity index (χ0v) is 18.6. The van der Waals surface area contributed by atoms with Gasteiger partial charge in [-0.1, -0.05) is 55.5 Å². The van der Waals surface area contributed by atoms with Gasteiger partial charge in [0, 0.05) is 17.2 Å². The fraction of sp³-hybridized carbons (Fsp3) is 0.107. The highest BCUT2D eigenvalue weighted by atomic mass is 19.2. The Kier molecular flexibility index (Phi) is 6.68. The number of ether oxygens (including phenoxy) is 2. The Morgan fingerprint density at radius 2 is 1.32 bits per heavy atom. The van der Waals surface area contributed by atoms with Crippen LogP contribution < -0.4 is 9.47 Å².